The van der Waals surface area contributed by atoms with Crippen LogP contribution in [0.3, 0.4) is 0 Å². The summed E-state index contributed by atoms with van der Waals surface area (Å²) in [6.07, 6.45) is 0. The van der Waals surface area contributed by atoms with Crippen molar-refractivity contribution < 1.29 is 14.3 Å². The lowest BCUT2D eigenvalue weighted by atomic mass is 9.94. The molecule has 33 heavy (non-hydrogen) atoms. The zero-order valence-corrected chi connectivity index (χ0v) is 19.0. The standard InChI is InChI=1S/C27H27N3O3/c1-18(25-23-15-21(27(32)33-3)11-14-24(23)29-26(25)31)28-22-12-9-20(10-13-22)17-30(2)16-19-7-5-4-6-8-19/h4-15,25H,16-17H2,1-3H3,(H,29,31). The molecule has 0 saturated carbocycles. The first kappa shape index (κ1) is 22.4. The van der Waals surface area contributed by atoms with Crippen molar-refractivity contribution >= 4 is 29.0 Å². The third-order valence-corrected chi connectivity index (χ3v) is 5.71. The number of carbonyl (C=O) groups is 2. The van der Waals surface area contributed by atoms with E-state index in [0.29, 0.717) is 17.0 Å². The number of anilines is 1. The number of hydrogen-bond acceptors (Lipinski definition) is 5. The third kappa shape index (κ3) is 5.18. The number of amides is 1. The van der Waals surface area contributed by atoms with E-state index in [4.69, 9.17) is 9.73 Å². The van der Waals surface area contributed by atoms with Gasteiger partial charge in [-0.05, 0) is 61.0 Å². The molecule has 0 saturated heterocycles. The van der Waals surface area contributed by atoms with Crippen LogP contribution in [0.25, 0.3) is 0 Å². The molecule has 0 aliphatic carbocycles. The van der Waals surface area contributed by atoms with Crippen LogP contribution in [0, 0.1) is 0 Å². The Labute approximate surface area is 193 Å². The van der Waals surface area contributed by atoms with Gasteiger partial charge in [-0.15, -0.1) is 0 Å². The van der Waals surface area contributed by atoms with E-state index in [1.54, 1.807) is 18.2 Å². The van der Waals surface area contributed by atoms with E-state index in [2.05, 4.69) is 53.7 Å². The average Bonchev–Trinajstić information content (AvgIpc) is 3.15. The minimum atomic E-state index is -0.540. The summed E-state index contributed by atoms with van der Waals surface area (Å²) in [5, 5.41) is 2.87. The largest absolute Gasteiger partial charge is 0.465 e. The maximum absolute atomic E-state index is 12.6. The summed E-state index contributed by atoms with van der Waals surface area (Å²) in [6, 6.07) is 23.5. The average molecular weight is 442 g/mol. The second-order valence-corrected chi connectivity index (χ2v) is 8.29. The molecule has 0 spiro atoms. The fourth-order valence-electron chi connectivity index (χ4n) is 4.13. The first-order valence-electron chi connectivity index (χ1n) is 10.8. The normalized spacial score (nSPS) is 15.3. The number of rotatable bonds is 7. The van der Waals surface area contributed by atoms with Crippen LogP contribution >= 0.6 is 0 Å². The molecule has 3 aromatic carbocycles. The number of methoxy groups -OCH3 is 1. The van der Waals surface area contributed by atoms with Crippen molar-refractivity contribution in [1.29, 1.82) is 0 Å². The molecule has 6 heteroatoms. The molecule has 1 unspecified atom stereocenters. The van der Waals surface area contributed by atoms with E-state index >= 15 is 0 Å². The number of esters is 1. The van der Waals surface area contributed by atoms with Crippen LogP contribution in [0.5, 0.6) is 0 Å². The Balaban J connectivity index is 1.47. The maximum Gasteiger partial charge on any atom is 0.337 e. The molecular formula is C27H27N3O3. The van der Waals surface area contributed by atoms with Crippen LogP contribution in [0.1, 0.15) is 39.9 Å². The minimum absolute atomic E-state index is 0.146. The topological polar surface area (TPSA) is 71.0 Å². The first-order chi connectivity index (χ1) is 15.9. The Morgan fingerprint density at radius 2 is 1.67 bits per heavy atom. The van der Waals surface area contributed by atoms with E-state index in [1.807, 2.05) is 25.1 Å². The van der Waals surface area contributed by atoms with Crippen molar-refractivity contribution in [3.8, 4) is 0 Å². The highest BCUT2D eigenvalue weighted by atomic mass is 16.5. The van der Waals surface area contributed by atoms with Gasteiger partial charge >= 0.3 is 5.97 Å². The highest BCUT2D eigenvalue weighted by Crippen LogP contribution is 2.35. The van der Waals surface area contributed by atoms with Gasteiger partial charge in [0.25, 0.3) is 0 Å². The molecule has 0 aromatic heterocycles. The van der Waals surface area contributed by atoms with Crippen molar-refractivity contribution in [3.63, 3.8) is 0 Å². The Hall–Kier alpha value is -3.77. The molecule has 1 atom stereocenters. The van der Waals surface area contributed by atoms with E-state index in [9.17, 15) is 9.59 Å². The molecule has 1 N–H and O–H groups in total. The fourth-order valence-corrected chi connectivity index (χ4v) is 4.13. The van der Waals surface area contributed by atoms with Gasteiger partial charge in [-0.25, -0.2) is 4.79 Å². The van der Waals surface area contributed by atoms with Crippen LogP contribution in [0.15, 0.2) is 77.8 Å². The summed E-state index contributed by atoms with van der Waals surface area (Å²) in [6.45, 7) is 3.54. The van der Waals surface area contributed by atoms with Gasteiger partial charge in [0.1, 0.15) is 5.92 Å². The number of nitrogens with zero attached hydrogens (tertiary/aromatic N) is 2. The van der Waals surface area contributed by atoms with Gasteiger partial charge < -0.3 is 10.1 Å². The molecule has 4 rings (SSSR count). The lowest BCUT2D eigenvalue weighted by Gasteiger charge is -2.17. The van der Waals surface area contributed by atoms with Crippen molar-refractivity contribution in [3.05, 3.63) is 95.1 Å². The van der Waals surface area contributed by atoms with Gasteiger partial charge in [0, 0.05) is 24.5 Å². The number of carbonyl (C=O) groups excluding carboxylic acids is 2. The number of nitrogens with one attached hydrogen (secondary N) is 1. The van der Waals surface area contributed by atoms with Crippen molar-refractivity contribution in [2.45, 2.75) is 25.9 Å². The number of aliphatic imine (C=N–C) groups is 1. The monoisotopic (exact) mass is 441 g/mol. The number of benzene rings is 3. The number of hydrogen-bond donors (Lipinski definition) is 1. The summed E-state index contributed by atoms with van der Waals surface area (Å²) < 4.78 is 4.81. The minimum Gasteiger partial charge on any atom is -0.465 e. The van der Waals surface area contributed by atoms with E-state index < -0.39 is 11.9 Å². The Morgan fingerprint density at radius 3 is 2.33 bits per heavy atom. The predicted octanol–water partition coefficient (Wildman–Crippen LogP) is 4.93. The zero-order valence-electron chi connectivity index (χ0n) is 19.0. The molecule has 1 amide bonds. The molecule has 0 fully saturated rings. The van der Waals surface area contributed by atoms with Gasteiger partial charge in [-0.3, -0.25) is 14.7 Å². The van der Waals surface area contributed by atoms with Gasteiger partial charge in [0.05, 0.1) is 18.4 Å². The SMILES string of the molecule is COC(=O)c1ccc2c(c1)C(C(C)=Nc1ccc(CN(C)Cc3ccccc3)cc1)C(=O)N2. The second-order valence-electron chi connectivity index (χ2n) is 8.29. The highest BCUT2D eigenvalue weighted by Gasteiger charge is 2.33. The molecule has 1 aliphatic rings. The smallest absolute Gasteiger partial charge is 0.337 e. The van der Waals surface area contributed by atoms with Gasteiger partial charge in [-0.2, -0.15) is 0 Å². The van der Waals surface area contributed by atoms with E-state index in [-0.39, 0.29) is 5.91 Å². The van der Waals surface area contributed by atoms with Gasteiger partial charge in [-0.1, -0.05) is 42.5 Å². The Morgan fingerprint density at radius 1 is 1.00 bits per heavy atom. The highest BCUT2D eigenvalue weighted by molar-refractivity contribution is 6.18. The van der Waals surface area contributed by atoms with Crippen LogP contribution in [0.4, 0.5) is 11.4 Å². The number of ether oxygens (including phenoxy) is 1. The Kier molecular flexibility index (Phi) is 6.66. The molecule has 6 nitrogen and oxygen atoms in total. The van der Waals surface area contributed by atoms with Gasteiger partial charge in [0.15, 0.2) is 0 Å². The number of fused-ring (bicyclic) bond motifs is 1. The Bertz CT molecular complexity index is 1190. The van der Waals surface area contributed by atoms with E-state index in [1.165, 1.54) is 18.2 Å². The maximum atomic E-state index is 12.6. The molecule has 1 aliphatic heterocycles. The van der Waals surface area contributed by atoms with Crippen LogP contribution in [-0.2, 0) is 22.6 Å². The predicted molar refractivity (Wildman–Crippen MR) is 130 cm³/mol. The van der Waals surface area contributed by atoms with Crippen molar-refractivity contribution in [2.24, 2.45) is 4.99 Å². The lowest BCUT2D eigenvalue weighted by Crippen LogP contribution is -2.18. The molecule has 3 aromatic rings. The van der Waals surface area contributed by atoms with Crippen LogP contribution < -0.4 is 5.32 Å². The summed E-state index contributed by atoms with van der Waals surface area (Å²) in [4.78, 5) is 31.5. The molecule has 0 radical (unpaired) electrons. The zero-order chi connectivity index (χ0) is 23.4. The second kappa shape index (κ2) is 9.79. The molecule has 1 heterocycles. The van der Waals surface area contributed by atoms with E-state index in [0.717, 1.165) is 24.3 Å². The summed E-state index contributed by atoms with van der Waals surface area (Å²) in [5.74, 6) is -1.12. The lowest BCUT2D eigenvalue weighted by molar-refractivity contribution is -0.115. The summed E-state index contributed by atoms with van der Waals surface area (Å²) in [5.41, 5.74) is 5.77. The quantitative estimate of drug-likeness (QED) is 0.417. The van der Waals surface area contributed by atoms with Crippen LogP contribution in [0.2, 0.25) is 0 Å². The van der Waals surface area contributed by atoms with Gasteiger partial charge in [0.2, 0.25) is 5.91 Å². The first-order valence-corrected chi connectivity index (χ1v) is 10.8. The third-order valence-electron chi connectivity index (χ3n) is 5.71. The summed E-state index contributed by atoms with van der Waals surface area (Å²) >= 11 is 0. The fraction of sp³-hybridized carbons (Fsp3) is 0.222. The molecular weight excluding hydrogens is 414 g/mol. The van der Waals surface area contributed by atoms with Crippen molar-refractivity contribution in [1.82, 2.24) is 4.90 Å². The summed E-state index contributed by atoms with van der Waals surface area (Å²) in [7, 11) is 3.44. The molecule has 0 bridgehead atoms. The molecule has 168 valence electrons. The van der Waals surface area contributed by atoms with Crippen LogP contribution in [-0.4, -0.2) is 36.6 Å². The van der Waals surface area contributed by atoms with Crippen molar-refractivity contribution in [2.75, 3.05) is 19.5 Å².